The average Bonchev–Trinajstić information content (AvgIpc) is 2.50. The zero-order valence-corrected chi connectivity index (χ0v) is 15.2. The Bertz CT molecular complexity index is 806. The molecule has 3 aromatic rings. The molecule has 0 saturated heterocycles. The quantitative estimate of drug-likeness (QED) is 0.417. The Morgan fingerprint density at radius 3 is 2.24 bits per heavy atom. The maximum atomic E-state index is 3.90. The molecule has 0 amide bonds. The van der Waals surface area contributed by atoms with Crippen LogP contribution in [-0.2, 0) is 0 Å². The molecular weight excluding hydrogens is 388 g/mol. The van der Waals surface area contributed by atoms with E-state index >= 15 is 0 Å². The smallest absolute Gasteiger partial charge is 0.0653 e. The summed E-state index contributed by atoms with van der Waals surface area (Å²) in [6.07, 6.45) is 0. The second kappa shape index (κ2) is 5.94. The van der Waals surface area contributed by atoms with Gasteiger partial charge in [0.2, 0.25) is 0 Å². The van der Waals surface area contributed by atoms with Crippen LogP contribution in [0.25, 0.3) is 10.8 Å². The molecule has 0 aliphatic rings. The highest BCUT2D eigenvalue weighted by Gasteiger charge is 2.16. The summed E-state index contributed by atoms with van der Waals surface area (Å²) in [6, 6.07) is 19.4. The molecule has 0 bridgehead atoms. The van der Waals surface area contributed by atoms with Gasteiger partial charge in [-0.25, -0.2) is 0 Å². The van der Waals surface area contributed by atoms with E-state index in [2.05, 4.69) is 100 Å². The Labute approximate surface area is 142 Å². The SMILES string of the molecule is Cc1c(Br)cccc1C(Br)c1ccc(C)c2ccccc12. The number of alkyl halides is 1. The number of rotatable bonds is 2. The molecule has 3 aromatic carbocycles. The topological polar surface area (TPSA) is 0 Å². The van der Waals surface area contributed by atoms with Crippen molar-refractivity contribution in [1.82, 2.24) is 0 Å². The third kappa shape index (κ3) is 2.67. The van der Waals surface area contributed by atoms with E-state index in [0.717, 1.165) is 4.47 Å². The first kappa shape index (κ1) is 14.8. The van der Waals surface area contributed by atoms with Crippen LogP contribution in [0.15, 0.2) is 59.1 Å². The van der Waals surface area contributed by atoms with Crippen LogP contribution >= 0.6 is 31.9 Å². The van der Waals surface area contributed by atoms with Crippen molar-refractivity contribution in [2.24, 2.45) is 0 Å². The second-order valence-corrected chi connectivity index (χ2v) is 7.10. The van der Waals surface area contributed by atoms with Crippen molar-refractivity contribution in [3.8, 4) is 0 Å². The third-order valence-electron chi connectivity index (χ3n) is 4.03. The molecule has 0 N–H and O–H groups in total. The van der Waals surface area contributed by atoms with E-state index in [4.69, 9.17) is 0 Å². The summed E-state index contributed by atoms with van der Waals surface area (Å²) in [4.78, 5) is 0.195. The fourth-order valence-electron chi connectivity index (χ4n) is 2.76. The van der Waals surface area contributed by atoms with Gasteiger partial charge in [-0.15, -0.1) is 0 Å². The molecule has 1 unspecified atom stereocenters. The van der Waals surface area contributed by atoms with Crippen molar-refractivity contribution in [1.29, 1.82) is 0 Å². The molecule has 2 heteroatoms. The van der Waals surface area contributed by atoms with E-state index in [1.54, 1.807) is 0 Å². The Morgan fingerprint density at radius 1 is 0.762 bits per heavy atom. The summed E-state index contributed by atoms with van der Waals surface area (Å²) in [7, 11) is 0. The normalized spacial score (nSPS) is 12.6. The molecular formula is C19H16Br2. The molecule has 0 aliphatic carbocycles. The fraction of sp³-hybridized carbons (Fsp3) is 0.158. The van der Waals surface area contributed by atoms with Crippen LogP contribution in [0.5, 0.6) is 0 Å². The molecule has 0 nitrogen and oxygen atoms in total. The maximum absolute atomic E-state index is 3.90. The lowest BCUT2D eigenvalue weighted by Gasteiger charge is -2.17. The maximum Gasteiger partial charge on any atom is 0.0653 e. The first-order valence-electron chi connectivity index (χ1n) is 6.97. The number of hydrogen-bond acceptors (Lipinski definition) is 0. The van der Waals surface area contributed by atoms with Crippen molar-refractivity contribution in [2.45, 2.75) is 18.7 Å². The highest BCUT2D eigenvalue weighted by Crippen LogP contribution is 2.38. The number of hydrogen-bond donors (Lipinski definition) is 0. The highest BCUT2D eigenvalue weighted by molar-refractivity contribution is 9.10. The van der Waals surface area contributed by atoms with E-state index in [9.17, 15) is 0 Å². The Hall–Kier alpha value is -1.12. The summed E-state index contributed by atoms with van der Waals surface area (Å²) < 4.78 is 1.15. The molecule has 0 saturated carbocycles. The van der Waals surface area contributed by atoms with Crippen LogP contribution in [-0.4, -0.2) is 0 Å². The molecule has 0 fully saturated rings. The molecule has 0 aromatic heterocycles. The predicted molar refractivity (Wildman–Crippen MR) is 98.3 cm³/mol. The molecule has 21 heavy (non-hydrogen) atoms. The molecule has 0 spiro atoms. The van der Waals surface area contributed by atoms with Crippen molar-refractivity contribution in [3.05, 3.63) is 81.3 Å². The number of halogens is 2. The molecule has 106 valence electrons. The number of fused-ring (bicyclic) bond motifs is 1. The molecule has 1 atom stereocenters. The summed E-state index contributed by atoms with van der Waals surface area (Å²) >= 11 is 7.53. The minimum Gasteiger partial charge on any atom is -0.0786 e. The predicted octanol–water partition coefficient (Wildman–Crippen LogP) is 6.70. The largest absolute Gasteiger partial charge is 0.0786 e. The van der Waals surface area contributed by atoms with Gasteiger partial charge < -0.3 is 0 Å². The average molecular weight is 404 g/mol. The third-order valence-corrected chi connectivity index (χ3v) is 5.88. The number of benzene rings is 3. The molecule has 0 aliphatic heterocycles. The van der Waals surface area contributed by atoms with Gasteiger partial charge in [0.25, 0.3) is 0 Å². The minimum absolute atomic E-state index is 0.195. The first-order chi connectivity index (χ1) is 10.1. The lowest BCUT2D eigenvalue weighted by Crippen LogP contribution is -1.98. The lowest BCUT2D eigenvalue weighted by atomic mass is 9.94. The zero-order chi connectivity index (χ0) is 15.0. The van der Waals surface area contributed by atoms with Gasteiger partial charge >= 0.3 is 0 Å². The van der Waals surface area contributed by atoms with E-state index in [1.807, 2.05) is 0 Å². The van der Waals surface area contributed by atoms with Gasteiger partial charge in [0.15, 0.2) is 0 Å². The van der Waals surface area contributed by atoms with Gasteiger partial charge in [-0.2, -0.15) is 0 Å². The van der Waals surface area contributed by atoms with E-state index in [-0.39, 0.29) is 4.83 Å². The van der Waals surface area contributed by atoms with Gasteiger partial charge in [-0.1, -0.05) is 80.4 Å². The second-order valence-electron chi connectivity index (χ2n) is 5.33. The summed E-state index contributed by atoms with van der Waals surface area (Å²) in [6.45, 7) is 4.32. The van der Waals surface area contributed by atoms with Crippen LogP contribution in [0.2, 0.25) is 0 Å². The summed E-state index contributed by atoms with van der Waals surface area (Å²) in [5.74, 6) is 0. The van der Waals surface area contributed by atoms with Gasteiger partial charge in [0, 0.05) is 4.47 Å². The lowest BCUT2D eigenvalue weighted by molar-refractivity contribution is 1.15. The Morgan fingerprint density at radius 2 is 1.48 bits per heavy atom. The van der Waals surface area contributed by atoms with E-state index in [0.29, 0.717) is 0 Å². The minimum atomic E-state index is 0.195. The van der Waals surface area contributed by atoms with Crippen LogP contribution in [0.3, 0.4) is 0 Å². The van der Waals surface area contributed by atoms with Crippen LogP contribution in [0.4, 0.5) is 0 Å². The Kier molecular flexibility index (Phi) is 4.19. The Balaban J connectivity index is 2.21. The summed E-state index contributed by atoms with van der Waals surface area (Å²) in [5, 5.41) is 2.64. The molecule has 0 heterocycles. The van der Waals surface area contributed by atoms with Crippen molar-refractivity contribution in [3.63, 3.8) is 0 Å². The molecule has 3 rings (SSSR count). The monoisotopic (exact) mass is 402 g/mol. The summed E-state index contributed by atoms with van der Waals surface area (Å²) in [5.41, 5.74) is 5.22. The van der Waals surface area contributed by atoms with Gasteiger partial charge in [-0.3, -0.25) is 0 Å². The van der Waals surface area contributed by atoms with Gasteiger partial charge in [0.05, 0.1) is 4.83 Å². The van der Waals surface area contributed by atoms with Crippen molar-refractivity contribution in [2.75, 3.05) is 0 Å². The van der Waals surface area contributed by atoms with E-state index < -0.39 is 0 Å². The first-order valence-corrected chi connectivity index (χ1v) is 8.68. The molecule has 0 radical (unpaired) electrons. The van der Waals surface area contributed by atoms with Crippen molar-refractivity contribution >= 4 is 42.6 Å². The van der Waals surface area contributed by atoms with Crippen LogP contribution in [0.1, 0.15) is 27.1 Å². The van der Waals surface area contributed by atoms with Crippen LogP contribution < -0.4 is 0 Å². The standard InChI is InChI=1S/C19H16Br2/c1-12-10-11-17(16-7-4-3-6-14(12)16)19(21)15-8-5-9-18(20)13(15)2/h3-11,19H,1-2H3. The van der Waals surface area contributed by atoms with E-state index in [1.165, 1.54) is 33.0 Å². The van der Waals surface area contributed by atoms with Crippen molar-refractivity contribution < 1.29 is 0 Å². The number of aryl methyl sites for hydroxylation is 1. The highest BCUT2D eigenvalue weighted by atomic mass is 79.9. The van der Waals surface area contributed by atoms with Crippen LogP contribution in [0, 0.1) is 13.8 Å². The fourth-order valence-corrected chi connectivity index (χ4v) is 4.04. The van der Waals surface area contributed by atoms with Gasteiger partial charge in [-0.05, 0) is 52.9 Å². The van der Waals surface area contributed by atoms with Gasteiger partial charge in [0.1, 0.15) is 0 Å². The zero-order valence-electron chi connectivity index (χ0n) is 12.0.